The Balaban J connectivity index is 1.58. The first kappa shape index (κ1) is 23.1. The molecule has 2 amide bonds. The van der Waals surface area contributed by atoms with Crippen LogP contribution < -0.4 is 15.4 Å². The van der Waals surface area contributed by atoms with Crippen molar-refractivity contribution in [3.8, 4) is 11.8 Å². The number of benzene rings is 2. The third kappa shape index (κ3) is 6.71. The molecule has 0 radical (unpaired) electrons. The summed E-state index contributed by atoms with van der Waals surface area (Å²) >= 11 is 0. The molecule has 166 valence electrons. The van der Waals surface area contributed by atoms with E-state index in [1.54, 1.807) is 30.3 Å². The highest BCUT2D eigenvalue weighted by atomic mass is 16.5. The molecule has 0 atom stereocenters. The number of anilines is 1. The maximum atomic E-state index is 12.5. The number of hydrogen-bond acceptors (Lipinski definition) is 4. The second-order valence-electron chi connectivity index (χ2n) is 8.19. The van der Waals surface area contributed by atoms with Crippen molar-refractivity contribution in [2.75, 3.05) is 11.9 Å². The van der Waals surface area contributed by atoms with Crippen LogP contribution in [0, 0.1) is 25.2 Å². The van der Waals surface area contributed by atoms with E-state index in [0.29, 0.717) is 11.3 Å². The van der Waals surface area contributed by atoms with Crippen LogP contribution in [0.3, 0.4) is 0 Å². The molecule has 3 rings (SSSR count). The van der Waals surface area contributed by atoms with Gasteiger partial charge in [0.05, 0.1) is 0 Å². The number of amides is 2. The molecule has 2 aromatic rings. The van der Waals surface area contributed by atoms with Gasteiger partial charge in [-0.15, -0.1) is 0 Å². The summed E-state index contributed by atoms with van der Waals surface area (Å²) < 4.78 is 5.61. The van der Waals surface area contributed by atoms with Gasteiger partial charge in [-0.2, -0.15) is 5.26 Å². The molecule has 0 aliphatic heterocycles. The van der Waals surface area contributed by atoms with E-state index < -0.39 is 0 Å². The molecule has 0 aromatic heterocycles. The van der Waals surface area contributed by atoms with Crippen LogP contribution in [0.25, 0.3) is 6.08 Å². The van der Waals surface area contributed by atoms with Crippen LogP contribution in [0.2, 0.25) is 0 Å². The Labute approximate surface area is 189 Å². The number of carbonyl (C=O) groups is 2. The van der Waals surface area contributed by atoms with E-state index in [1.807, 2.05) is 38.1 Å². The van der Waals surface area contributed by atoms with Crippen LogP contribution >= 0.6 is 0 Å². The molecular weight excluding hydrogens is 402 g/mol. The highest BCUT2D eigenvalue weighted by Crippen LogP contribution is 2.19. The van der Waals surface area contributed by atoms with Gasteiger partial charge in [0.25, 0.3) is 11.8 Å². The zero-order valence-corrected chi connectivity index (χ0v) is 18.6. The molecule has 0 bridgehead atoms. The maximum absolute atomic E-state index is 12.5. The second-order valence-corrected chi connectivity index (χ2v) is 8.19. The molecule has 1 aliphatic carbocycles. The first-order valence-corrected chi connectivity index (χ1v) is 11.0. The number of nitrogens with zero attached hydrogens (tertiary/aromatic N) is 1. The van der Waals surface area contributed by atoms with Crippen molar-refractivity contribution in [2.45, 2.75) is 52.0 Å². The Bertz CT molecular complexity index is 1050. The zero-order valence-electron chi connectivity index (χ0n) is 18.6. The quantitative estimate of drug-likeness (QED) is 0.492. The number of aryl methyl sites for hydroxylation is 2. The molecule has 0 saturated heterocycles. The molecule has 2 N–H and O–H groups in total. The fraction of sp³-hybridized carbons (Fsp3) is 0.346. The lowest BCUT2D eigenvalue weighted by atomic mass is 9.95. The molecule has 1 aliphatic rings. The summed E-state index contributed by atoms with van der Waals surface area (Å²) in [5.41, 5.74) is 3.70. The summed E-state index contributed by atoms with van der Waals surface area (Å²) in [7, 11) is 0. The molecule has 0 unspecified atom stereocenters. The Hall–Kier alpha value is -3.59. The Kier molecular flexibility index (Phi) is 8.04. The van der Waals surface area contributed by atoms with E-state index in [1.165, 1.54) is 6.42 Å². The molecule has 0 heterocycles. The average Bonchev–Trinajstić information content (AvgIpc) is 2.79. The van der Waals surface area contributed by atoms with Crippen molar-refractivity contribution in [2.24, 2.45) is 0 Å². The summed E-state index contributed by atoms with van der Waals surface area (Å²) in [5.74, 6) is -0.128. The predicted molar refractivity (Wildman–Crippen MR) is 125 cm³/mol. The maximum Gasteiger partial charge on any atom is 0.262 e. The van der Waals surface area contributed by atoms with Crippen LogP contribution in [-0.4, -0.2) is 24.5 Å². The number of ether oxygens (including phenoxy) is 1. The normalized spacial score (nSPS) is 14.3. The summed E-state index contributed by atoms with van der Waals surface area (Å²) in [5, 5.41) is 15.2. The minimum absolute atomic E-state index is 0.0557. The van der Waals surface area contributed by atoms with Gasteiger partial charge in [-0.1, -0.05) is 37.5 Å². The third-order valence-corrected chi connectivity index (χ3v) is 5.64. The first-order valence-electron chi connectivity index (χ1n) is 11.0. The van der Waals surface area contributed by atoms with E-state index in [4.69, 9.17) is 4.74 Å². The molecule has 2 aromatic carbocycles. The lowest BCUT2D eigenvalue weighted by Crippen LogP contribution is -2.36. The van der Waals surface area contributed by atoms with E-state index in [0.717, 1.165) is 42.5 Å². The topological polar surface area (TPSA) is 91.2 Å². The van der Waals surface area contributed by atoms with E-state index in [2.05, 4.69) is 10.6 Å². The molecule has 32 heavy (non-hydrogen) atoms. The number of carbonyl (C=O) groups excluding carboxylic acids is 2. The summed E-state index contributed by atoms with van der Waals surface area (Å²) in [6, 6.07) is 14.8. The minimum atomic E-state index is -0.349. The van der Waals surface area contributed by atoms with Gasteiger partial charge < -0.3 is 15.4 Å². The van der Waals surface area contributed by atoms with Crippen molar-refractivity contribution >= 4 is 23.6 Å². The predicted octanol–water partition coefficient (Wildman–Crippen LogP) is 4.68. The van der Waals surface area contributed by atoms with E-state index >= 15 is 0 Å². The van der Waals surface area contributed by atoms with Crippen LogP contribution in [0.4, 0.5) is 5.69 Å². The van der Waals surface area contributed by atoms with E-state index in [-0.39, 0.29) is 30.0 Å². The minimum Gasteiger partial charge on any atom is -0.484 e. The fourth-order valence-electron chi connectivity index (χ4n) is 3.68. The standard InChI is InChI=1S/C26H29N3O3/c1-18-11-12-23(13-19(18)2)28-25(30)17-32-24-10-6-7-20(15-24)14-21(16-27)26(31)29-22-8-4-3-5-9-22/h6-7,10-15,22H,3-5,8-9,17H2,1-2H3,(H,28,30)(H,29,31)/b21-14-. The van der Waals surface area contributed by atoms with Gasteiger partial charge >= 0.3 is 0 Å². The second kappa shape index (κ2) is 11.1. The van der Waals surface area contributed by atoms with E-state index in [9.17, 15) is 14.9 Å². The Morgan fingerprint density at radius 2 is 1.88 bits per heavy atom. The van der Waals surface area contributed by atoms with Gasteiger partial charge in [0.15, 0.2) is 6.61 Å². The summed E-state index contributed by atoms with van der Waals surface area (Å²) in [6.07, 6.45) is 6.86. The largest absolute Gasteiger partial charge is 0.484 e. The van der Waals surface area contributed by atoms with Crippen LogP contribution in [0.1, 0.15) is 48.8 Å². The van der Waals surface area contributed by atoms with Gasteiger partial charge in [0.2, 0.25) is 0 Å². The average molecular weight is 432 g/mol. The van der Waals surface area contributed by atoms with Gasteiger partial charge in [-0.25, -0.2) is 0 Å². The smallest absolute Gasteiger partial charge is 0.262 e. The molecule has 1 fully saturated rings. The summed E-state index contributed by atoms with van der Waals surface area (Å²) in [6.45, 7) is 3.86. The monoisotopic (exact) mass is 431 g/mol. The van der Waals surface area contributed by atoms with Crippen molar-refractivity contribution in [1.82, 2.24) is 5.32 Å². The Morgan fingerprint density at radius 1 is 1.09 bits per heavy atom. The van der Waals surface area contributed by atoms with Crippen molar-refractivity contribution in [3.63, 3.8) is 0 Å². The number of rotatable bonds is 7. The lowest BCUT2D eigenvalue weighted by molar-refractivity contribution is -0.118. The number of nitriles is 1. The number of nitrogens with one attached hydrogen (secondary N) is 2. The first-order chi connectivity index (χ1) is 15.4. The van der Waals surface area contributed by atoms with Crippen molar-refractivity contribution in [3.05, 3.63) is 64.7 Å². The SMILES string of the molecule is Cc1ccc(NC(=O)COc2cccc(/C=C(/C#N)C(=O)NC3CCCCC3)c2)cc1C. The lowest BCUT2D eigenvalue weighted by Gasteiger charge is -2.22. The molecular formula is C26H29N3O3. The highest BCUT2D eigenvalue weighted by molar-refractivity contribution is 6.01. The third-order valence-electron chi connectivity index (χ3n) is 5.64. The molecule has 6 nitrogen and oxygen atoms in total. The molecule has 0 spiro atoms. The molecule has 6 heteroatoms. The van der Waals surface area contributed by atoms with Crippen LogP contribution in [0.15, 0.2) is 48.0 Å². The van der Waals surface area contributed by atoms with Gasteiger partial charge in [0, 0.05) is 11.7 Å². The van der Waals surface area contributed by atoms with Gasteiger partial charge in [-0.3, -0.25) is 9.59 Å². The van der Waals surface area contributed by atoms with Crippen molar-refractivity contribution in [1.29, 1.82) is 5.26 Å². The summed E-state index contributed by atoms with van der Waals surface area (Å²) in [4.78, 5) is 24.7. The zero-order chi connectivity index (χ0) is 22.9. The molecule has 1 saturated carbocycles. The van der Waals surface area contributed by atoms with Crippen LogP contribution in [-0.2, 0) is 9.59 Å². The highest BCUT2D eigenvalue weighted by Gasteiger charge is 2.18. The van der Waals surface area contributed by atoms with Gasteiger partial charge in [0.1, 0.15) is 17.4 Å². The number of hydrogen-bond donors (Lipinski definition) is 2. The van der Waals surface area contributed by atoms with Gasteiger partial charge in [-0.05, 0) is 73.7 Å². The fourth-order valence-corrected chi connectivity index (χ4v) is 3.68. The van der Waals surface area contributed by atoms with Crippen LogP contribution in [0.5, 0.6) is 5.75 Å². The van der Waals surface area contributed by atoms with Crippen molar-refractivity contribution < 1.29 is 14.3 Å². The Morgan fingerprint density at radius 3 is 2.59 bits per heavy atom.